The third kappa shape index (κ3) is 3.06. The van der Waals surface area contributed by atoms with Crippen molar-refractivity contribution in [3.8, 4) is 0 Å². The average molecular weight is 215 g/mol. The Morgan fingerprint density at radius 1 is 1.21 bits per heavy atom. The molecule has 0 saturated heterocycles. The summed E-state index contributed by atoms with van der Waals surface area (Å²) in [7, 11) is -0.646. The molecule has 0 aromatic heterocycles. The van der Waals surface area contributed by atoms with Crippen molar-refractivity contribution in [2.45, 2.75) is 44.6 Å². The summed E-state index contributed by atoms with van der Waals surface area (Å²) >= 11 is 0. The van der Waals surface area contributed by atoms with Crippen LogP contribution < -0.4 is 5.73 Å². The van der Waals surface area contributed by atoms with Gasteiger partial charge in [-0.3, -0.25) is 4.21 Å². The van der Waals surface area contributed by atoms with Gasteiger partial charge >= 0.3 is 0 Å². The summed E-state index contributed by atoms with van der Waals surface area (Å²) in [5, 5.41) is 0. The fourth-order valence-electron chi connectivity index (χ4n) is 2.38. The minimum absolute atomic E-state index is 0.220. The van der Waals surface area contributed by atoms with Crippen LogP contribution in [0.15, 0.2) is 0 Å². The molecule has 2 saturated carbocycles. The summed E-state index contributed by atoms with van der Waals surface area (Å²) in [5.41, 5.74) is 5.96. The van der Waals surface area contributed by atoms with Gasteiger partial charge in [-0.1, -0.05) is 12.8 Å². The normalized spacial score (nSPS) is 27.8. The molecule has 2 atom stereocenters. The van der Waals surface area contributed by atoms with E-state index in [1.807, 2.05) is 0 Å². The number of nitrogens with two attached hydrogens (primary N) is 1. The molecule has 0 amide bonds. The first-order valence-corrected chi connectivity index (χ1v) is 7.35. The van der Waals surface area contributed by atoms with Crippen molar-refractivity contribution in [1.29, 1.82) is 0 Å². The maximum absolute atomic E-state index is 11.8. The van der Waals surface area contributed by atoms with Crippen molar-refractivity contribution in [3.63, 3.8) is 0 Å². The van der Waals surface area contributed by atoms with Crippen molar-refractivity contribution < 1.29 is 4.21 Å². The van der Waals surface area contributed by atoms with Crippen LogP contribution in [0.3, 0.4) is 0 Å². The molecular formula is C11H21NOS. The molecule has 0 aromatic rings. The SMILES string of the molecule is NC(CS(=O)CC1CCCC1)C1CC1. The molecule has 82 valence electrons. The first-order chi connectivity index (χ1) is 6.75. The highest BCUT2D eigenvalue weighted by molar-refractivity contribution is 7.85. The Morgan fingerprint density at radius 2 is 1.86 bits per heavy atom. The summed E-state index contributed by atoms with van der Waals surface area (Å²) < 4.78 is 11.8. The molecule has 0 heterocycles. The molecule has 0 bridgehead atoms. The largest absolute Gasteiger partial charge is 0.327 e. The summed E-state index contributed by atoms with van der Waals surface area (Å²) in [6.07, 6.45) is 7.81. The van der Waals surface area contributed by atoms with Gasteiger partial charge in [0.1, 0.15) is 0 Å². The van der Waals surface area contributed by atoms with Gasteiger partial charge in [-0.25, -0.2) is 0 Å². The molecule has 0 radical (unpaired) electrons. The average Bonchev–Trinajstić information content (AvgIpc) is 2.87. The smallest absolute Gasteiger partial charge is 0.0389 e. The molecule has 2 unspecified atom stereocenters. The molecule has 0 spiro atoms. The second-order valence-electron chi connectivity index (χ2n) is 4.92. The lowest BCUT2D eigenvalue weighted by Gasteiger charge is -2.12. The van der Waals surface area contributed by atoms with E-state index in [1.54, 1.807) is 0 Å². The lowest BCUT2D eigenvalue weighted by Crippen LogP contribution is -2.30. The monoisotopic (exact) mass is 215 g/mol. The Bertz CT molecular complexity index is 203. The highest BCUT2D eigenvalue weighted by atomic mass is 32.2. The summed E-state index contributed by atoms with van der Waals surface area (Å²) in [4.78, 5) is 0. The summed E-state index contributed by atoms with van der Waals surface area (Å²) in [6, 6.07) is 0.220. The molecule has 2 nitrogen and oxygen atoms in total. The van der Waals surface area contributed by atoms with E-state index in [1.165, 1.54) is 38.5 Å². The van der Waals surface area contributed by atoms with E-state index in [0.29, 0.717) is 5.92 Å². The molecule has 2 aliphatic carbocycles. The van der Waals surface area contributed by atoms with Crippen molar-refractivity contribution >= 4 is 10.8 Å². The second kappa shape index (κ2) is 4.75. The van der Waals surface area contributed by atoms with Gasteiger partial charge in [0.05, 0.1) is 0 Å². The van der Waals surface area contributed by atoms with E-state index in [-0.39, 0.29) is 6.04 Å². The zero-order valence-corrected chi connectivity index (χ0v) is 9.60. The van der Waals surface area contributed by atoms with Crippen LogP contribution in [0, 0.1) is 11.8 Å². The van der Waals surface area contributed by atoms with E-state index in [4.69, 9.17) is 5.73 Å². The third-order valence-electron chi connectivity index (χ3n) is 3.50. The first-order valence-electron chi connectivity index (χ1n) is 5.86. The summed E-state index contributed by atoms with van der Waals surface area (Å²) in [6.45, 7) is 0. The number of rotatable bonds is 5. The van der Waals surface area contributed by atoms with Crippen LogP contribution in [0.25, 0.3) is 0 Å². The van der Waals surface area contributed by atoms with Gasteiger partial charge in [-0.05, 0) is 37.5 Å². The van der Waals surface area contributed by atoms with Crippen LogP contribution >= 0.6 is 0 Å². The molecule has 2 fully saturated rings. The van der Waals surface area contributed by atoms with Gasteiger partial charge in [0, 0.05) is 28.3 Å². The predicted octanol–water partition coefficient (Wildman–Crippen LogP) is 1.66. The van der Waals surface area contributed by atoms with Crippen LogP contribution in [0.2, 0.25) is 0 Å². The van der Waals surface area contributed by atoms with Crippen LogP contribution in [-0.4, -0.2) is 21.8 Å². The second-order valence-corrected chi connectivity index (χ2v) is 6.47. The Balaban J connectivity index is 1.66. The van der Waals surface area contributed by atoms with Crippen molar-refractivity contribution in [1.82, 2.24) is 0 Å². The van der Waals surface area contributed by atoms with E-state index < -0.39 is 10.8 Å². The maximum atomic E-state index is 11.8. The van der Waals surface area contributed by atoms with E-state index in [0.717, 1.165) is 17.4 Å². The highest BCUT2D eigenvalue weighted by Crippen LogP contribution is 2.32. The standard InChI is InChI=1S/C11H21NOS/c12-11(10-5-6-10)8-14(13)7-9-3-1-2-4-9/h9-11H,1-8,12H2. The van der Waals surface area contributed by atoms with E-state index in [9.17, 15) is 4.21 Å². The minimum atomic E-state index is -0.646. The Kier molecular flexibility index (Phi) is 3.61. The molecule has 0 aliphatic heterocycles. The Morgan fingerprint density at radius 3 is 2.43 bits per heavy atom. The van der Waals surface area contributed by atoms with Crippen LogP contribution in [0.1, 0.15) is 38.5 Å². The lowest BCUT2D eigenvalue weighted by molar-refractivity contribution is 0.594. The minimum Gasteiger partial charge on any atom is -0.327 e. The van der Waals surface area contributed by atoms with Gasteiger partial charge in [0.25, 0.3) is 0 Å². The van der Waals surface area contributed by atoms with Gasteiger partial charge in [-0.2, -0.15) is 0 Å². The zero-order valence-electron chi connectivity index (χ0n) is 8.78. The Labute approximate surface area is 89.1 Å². The van der Waals surface area contributed by atoms with Crippen molar-refractivity contribution in [2.24, 2.45) is 17.6 Å². The van der Waals surface area contributed by atoms with Gasteiger partial charge in [0.2, 0.25) is 0 Å². The fraction of sp³-hybridized carbons (Fsp3) is 1.00. The third-order valence-corrected chi connectivity index (χ3v) is 5.10. The lowest BCUT2D eigenvalue weighted by atomic mass is 10.1. The van der Waals surface area contributed by atoms with Crippen LogP contribution in [-0.2, 0) is 10.8 Å². The molecule has 3 heteroatoms. The number of hydrogen-bond donors (Lipinski definition) is 1. The van der Waals surface area contributed by atoms with Gasteiger partial charge in [0.15, 0.2) is 0 Å². The topological polar surface area (TPSA) is 43.1 Å². The van der Waals surface area contributed by atoms with Crippen molar-refractivity contribution in [3.05, 3.63) is 0 Å². The molecule has 0 aromatic carbocycles. The van der Waals surface area contributed by atoms with Crippen LogP contribution in [0.4, 0.5) is 0 Å². The Hall–Kier alpha value is 0.110. The quantitative estimate of drug-likeness (QED) is 0.758. The summed E-state index contributed by atoms with van der Waals surface area (Å²) in [5.74, 6) is 3.10. The van der Waals surface area contributed by atoms with Crippen molar-refractivity contribution in [2.75, 3.05) is 11.5 Å². The van der Waals surface area contributed by atoms with E-state index >= 15 is 0 Å². The molecular weight excluding hydrogens is 194 g/mol. The van der Waals surface area contributed by atoms with Gasteiger partial charge in [-0.15, -0.1) is 0 Å². The fourth-order valence-corrected chi connectivity index (χ4v) is 4.08. The molecule has 14 heavy (non-hydrogen) atoms. The zero-order chi connectivity index (χ0) is 9.97. The number of hydrogen-bond acceptors (Lipinski definition) is 2. The predicted molar refractivity (Wildman–Crippen MR) is 60.5 cm³/mol. The molecule has 2 rings (SSSR count). The van der Waals surface area contributed by atoms with Crippen LogP contribution in [0.5, 0.6) is 0 Å². The molecule has 2 N–H and O–H groups in total. The maximum Gasteiger partial charge on any atom is 0.0389 e. The molecule has 2 aliphatic rings. The highest BCUT2D eigenvalue weighted by Gasteiger charge is 2.30. The van der Waals surface area contributed by atoms with Gasteiger partial charge < -0.3 is 5.73 Å². The van der Waals surface area contributed by atoms with E-state index in [2.05, 4.69) is 0 Å². The first kappa shape index (κ1) is 10.6.